The van der Waals surface area contributed by atoms with Crippen molar-refractivity contribution in [3.8, 4) is 101 Å². The van der Waals surface area contributed by atoms with Gasteiger partial charge in [0.15, 0.2) is 17.5 Å². The van der Waals surface area contributed by atoms with Crippen LogP contribution in [0, 0.1) is 0 Å². The molecule has 13 aromatic rings. The lowest BCUT2D eigenvalue weighted by Crippen LogP contribution is -2.25. The maximum atomic E-state index is 6.61. The van der Waals surface area contributed by atoms with Crippen molar-refractivity contribution in [3.63, 3.8) is 0 Å². The molecule has 0 fully saturated rings. The van der Waals surface area contributed by atoms with Crippen LogP contribution < -0.4 is 0 Å². The highest BCUT2D eigenvalue weighted by atomic mass is 16.3. The summed E-state index contributed by atoms with van der Waals surface area (Å²) in [6.45, 7) is 0. The molecule has 0 amide bonds. The molecule has 2 aliphatic rings. The molecule has 0 atom stereocenters. The first-order valence-electron chi connectivity index (χ1n) is 25.2. The third-order valence-corrected chi connectivity index (χ3v) is 15.4. The van der Waals surface area contributed by atoms with Crippen LogP contribution in [-0.2, 0) is 5.41 Å². The summed E-state index contributed by atoms with van der Waals surface area (Å²) in [5.74, 6) is 1.77. The third kappa shape index (κ3) is 6.52. The Balaban J connectivity index is 0.831. The Morgan fingerprint density at radius 2 is 0.635 bits per heavy atom. The van der Waals surface area contributed by atoms with Gasteiger partial charge in [-0.3, -0.25) is 0 Å². The van der Waals surface area contributed by atoms with Gasteiger partial charge in [-0.1, -0.05) is 224 Å². The Labute approximate surface area is 428 Å². The fourth-order valence-electron chi connectivity index (χ4n) is 12.0. The SMILES string of the molecule is c1ccc(-c2cccc(-c3nc(-c4cccc(-c5ccccc5)c4)nc(-c4cccc5oc6ccc(-c7ccc(-c8ccc9c(c8)C8(c%10ccccc%10-c%10ccccc%108)c8ccccc8-9)cc7)cc6c45)n3)c2)cc1. The van der Waals surface area contributed by atoms with Crippen LogP contribution in [-0.4, -0.2) is 15.0 Å². The number of aromatic nitrogens is 3. The molecule has 0 aliphatic heterocycles. The van der Waals surface area contributed by atoms with Crippen LogP contribution in [0.4, 0.5) is 0 Å². The summed E-state index contributed by atoms with van der Waals surface area (Å²) in [6, 6.07) is 93.5. The van der Waals surface area contributed by atoms with Crippen LogP contribution in [0.3, 0.4) is 0 Å². The van der Waals surface area contributed by atoms with Crippen molar-refractivity contribution in [3.05, 3.63) is 283 Å². The third-order valence-electron chi connectivity index (χ3n) is 15.4. The van der Waals surface area contributed by atoms with Gasteiger partial charge >= 0.3 is 0 Å². The van der Waals surface area contributed by atoms with E-state index in [9.17, 15) is 0 Å². The Morgan fingerprint density at radius 3 is 1.20 bits per heavy atom. The first kappa shape index (κ1) is 42.0. The van der Waals surface area contributed by atoms with Crippen molar-refractivity contribution in [2.24, 2.45) is 0 Å². The molecule has 0 saturated carbocycles. The van der Waals surface area contributed by atoms with Gasteiger partial charge in [0.2, 0.25) is 0 Å². The van der Waals surface area contributed by atoms with E-state index in [2.05, 4.69) is 237 Å². The van der Waals surface area contributed by atoms with E-state index in [1.807, 2.05) is 24.3 Å². The van der Waals surface area contributed by atoms with Crippen LogP contribution >= 0.6 is 0 Å². The van der Waals surface area contributed by atoms with Crippen LogP contribution in [0.25, 0.3) is 123 Å². The largest absolute Gasteiger partial charge is 0.456 e. The minimum absolute atomic E-state index is 0.387. The number of furan rings is 1. The van der Waals surface area contributed by atoms with Crippen molar-refractivity contribution in [1.29, 1.82) is 0 Å². The van der Waals surface area contributed by atoms with Gasteiger partial charge in [0.05, 0.1) is 5.41 Å². The maximum absolute atomic E-state index is 6.61. The fraction of sp³-hybridized carbons (Fsp3) is 0.0143. The molecule has 4 nitrogen and oxygen atoms in total. The van der Waals surface area contributed by atoms with Crippen LogP contribution in [0.1, 0.15) is 22.3 Å². The predicted octanol–water partition coefficient (Wildman–Crippen LogP) is 17.8. The first-order valence-corrected chi connectivity index (χ1v) is 25.2. The summed E-state index contributed by atoms with van der Waals surface area (Å²) < 4.78 is 6.61. The van der Waals surface area contributed by atoms with Gasteiger partial charge in [0.1, 0.15) is 11.2 Å². The molecular weight excluding hydrogens is 899 g/mol. The van der Waals surface area contributed by atoms with Crippen molar-refractivity contribution < 1.29 is 4.42 Å². The van der Waals surface area contributed by atoms with E-state index in [4.69, 9.17) is 19.4 Å². The molecule has 0 saturated heterocycles. The molecule has 0 radical (unpaired) electrons. The zero-order chi connectivity index (χ0) is 48.7. The molecule has 0 N–H and O–H groups in total. The number of benzene rings is 11. The molecule has 2 aliphatic carbocycles. The van der Waals surface area contributed by atoms with Crippen LogP contribution in [0.5, 0.6) is 0 Å². The number of hydrogen-bond donors (Lipinski definition) is 0. The molecule has 15 rings (SSSR count). The molecule has 344 valence electrons. The molecule has 11 aromatic carbocycles. The maximum Gasteiger partial charge on any atom is 0.164 e. The summed E-state index contributed by atoms with van der Waals surface area (Å²) in [6.07, 6.45) is 0. The lowest BCUT2D eigenvalue weighted by Gasteiger charge is -2.30. The highest BCUT2D eigenvalue weighted by Gasteiger charge is 2.51. The van der Waals surface area contributed by atoms with Gasteiger partial charge in [-0.05, 0) is 125 Å². The smallest absolute Gasteiger partial charge is 0.164 e. The number of fused-ring (bicyclic) bond motifs is 13. The molecular formula is C70H43N3O. The van der Waals surface area contributed by atoms with Crippen LogP contribution in [0.2, 0.25) is 0 Å². The summed E-state index contributed by atoms with van der Waals surface area (Å²) in [4.78, 5) is 15.8. The van der Waals surface area contributed by atoms with Gasteiger partial charge in [-0.2, -0.15) is 0 Å². The average Bonchev–Trinajstić information content (AvgIpc) is 4.16. The number of hydrogen-bond acceptors (Lipinski definition) is 4. The van der Waals surface area contributed by atoms with Crippen molar-refractivity contribution in [2.75, 3.05) is 0 Å². The zero-order valence-electron chi connectivity index (χ0n) is 40.1. The molecule has 0 bridgehead atoms. The van der Waals surface area contributed by atoms with Crippen molar-refractivity contribution >= 4 is 21.9 Å². The average molecular weight is 942 g/mol. The molecule has 1 spiro atoms. The van der Waals surface area contributed by atoms with E-state index in [0.29, 0.717) is 17.5 Å². The quantitative estimate of drug-likeness (QED) is 0.160. The van der Waals surface area contributed by atoms with E-state index in [0.717, 1.165) is 72.0 Å². The summed E-state index contributed by atoms with van der Waals surface area (Å²) in [5, 5.41) is 1.96. The minimum Gasteiger partial charge on any atom is -0.456 e. The monoisotopic (exact) mass is 941 g/mol. The summed E-state index contributed by atoms with van der Waals surface area (Å²) >= 11 is 0. The highest BCUT2D eigenvalue weighted by Crippen LogP contribution is 2.63. The van der Waals surface area contributed by atoms with Crippen molar-refractivity contribution in [1.82, 2.24) is 15.0 Å². The molecule has 2 heterocycles. The molecule has 2 aromatic heterocycles. The second-order valence-electron chi connectivity index (χ2n) is 19.4. The number of nitrogens with zero attached hydrogens (tertiary/aromatic N) is 3. The van der Waals surface area contributed by atoms with Gasteiger partial charge in [-0.15, -0.1) is 0 Å². The molecule has 4 heteroatoms. The fourth-order valence-corrected chi connectivity index (χ4v) is 12.0. The first-order chi connectivity index (χ1) is 36.7. The second-order valence-corrected chi connectivity index (χ2v) is 19.4. The van der Waals surface area contributed by atoms with E-state index in [-0.39, 0.29) is 5.41 Å². The zero-order valence-corrected chi connectivity index (χ0v) is 40.1. The molecule has 0 unspecified atom stereocenters. The van der Waals surface area contributed by atoms with Gasteiger partial charge in [-0.25, -0.2) is 15.0 Å². The predicted molar refractivity (Wildman–Crippen MR) is 301 cm³/mol. The van der Waals surface area contributed by atoms with Gasteiger partial charge in [0, 0.05) is 27.5 Å². The highest BCUT2D eigenvalue weighted by molar-refractivity contribution is 6.13. The number of rotatable bonds is 7. The lowest BCUT2D eigenvalue weighted by molar-refractivity contribution is 0.669. The Morgan fingerprint density at radius 1 is 0.243 bits per heavy atom. The van der Waals surface area contributed by atoms with Gasteiger partial charge < -0.3 is 4.42 Å². The normalized spacial score (nSPS) is 12.7. The molecule has 74 heavy (non-hydrogen) atoms. The Kier molecular flexibility index (Phi) is 9.45. The second kappa shape index (κ2) is 16.7. The van der Waals surface area contributed by atoms with E-state index in [1.165, 1.54) is 55.6 Å². The van der Waals surface area contributed by atoms with E-state index >= 15 is 0 Å². The van der Waals surface area contributed by atoms with Crippen LogP contribution in [0.15, 0.2) is 265 Å². The standard InChI is InChI=1S/C70H43N3O/c1-3-16-44(17-4-1)48-20-13-22-52(40-48)67-71-68(53-23-14-21-49(41-53)45-18-5-2-6-19-45)73-69(72-67)58-27-15-31-65-66(58)59-42-50(37-39-64(59)74-65)46-32-34-47(35-33-46)51-36-38-57-56-26-9-12-30-62(56)70(63(57)43-51)60-28-10-7-24-54(60)55-25-8-11-29-61(55)70/h1-43H. The Bertz CT molecular complexity index is 4200. The lowest BCUT2D eigenvalue weighted by atomic mass is 9.70. The van der Waals surface area contributed by atoms with E-state index < -0.39 is 0 Å². The van der Waals surface area contributed by atoms with Gasteiger partial charge in [0.25, 0.3) is 0 Å². The summed E-state index contributed by atoms with van der Waals surface area (Å²) in [5.41, 5.74) is 23.5. The minimum atomic E-state index is -0.387. The van der Waals surface area contributed by atoms with Crippen molar-refractivity contribution in [2.45, 2.75) is 5.41 Å². The summed E-state index contributed by atoms with van der Waals surface area (Å²) in [7, 11) is 0. The Hall–Kier alpha value is -9.77. The van der Waals surface area contributed by atoms with E-state index in [1.54, 1.807) is 0 Å². The topological polar surface area (TPSA) is 51.8 Å².